The summed E-state index contributed by atoms with van der Waals surface area (Å²) in [7, 11) is 0. The zero-order valence-electron chi connectivity index (χ0n) is 20.8. The van der Waals surface area contributed by atoms with Gasteiger partial charge in [0.2, 0.25) is 0 Å². The van der Waals surface area contributed by atoms with E-state index in [1.165, 1.54) is 6.92 Å². The van der Waals surface area contributed by atoms with Gasteiger partial charge in [-0.05, 0) is 48.7 Å². The van der Waals surface area contributed by atoms with E-state index >= 15 is 0 Å². The number of carbonyl (C=O) groups is 3. The minimum Gasteiger partial charge on any atom is -0.472 e. The molecule has 0 unspecified atom stereocenters. The number of ether oxygens (including phenoxy) is 2. The average molecular weight is 467 g/mol. The molecule has 0 N–H and O–H groups in total. The van der Waals surface area contributed by atoms with E-state index in [0.29, 0.717) is 6.42 Å². The number of hydrogen-bond acceptors (Lipinski definition) is 6. The molecule has 4 fully saturated rings. The zero-order chi connectivity index (χ0) is 24.5. The van der Waals surface area contributed by atoms with Crippen molar-refractivity contribution in [2.75, 3.05) is 0 Å². The Hall–Kier alpha value is -2.21. The molecular formula is C28H34O6. The van der Waals surface area contributed by atoms with Crippen LogP contribution < -0.4 is 0 Å². The van der Waals surface area contributed by atoms with Crippen LogP contribution in [0.5, 0.6) is 0 Å². The van der Waals surface area contributed by atoms with Gasteiger partial charge in [-0.15, -0.1) is 0 Å². The number of epoxide rings is 1. The van der Waals surface area contributed by atoms with E-state index in [1.807, 2.05) is 19.9 Å². The molecule has 1 aromatic rings. The van der Waals surface area contributed by atoms with Crippen LogP contribution >= 0.6 is 0 Å². The predicted molar refractivity (Wildman–Crippen MR) is 123 cm³/mol. The molecule has 6 nitrogen and oxygen atoms in total. The van der Waals surface area contributed by atoms with Crippen LogP contribution in [0, 0.1) is 33.5 Å². The van der Waals surface area contributed by atoms with Crippen LogP contribution in [-0.2, 0) is 23.9 Å². The summed E-state index contributed by atoms with van der Waals surface area (Å²) in [5.74, 6) is -0.280. The normalized spacial score (nSPS) is 50.1. The Morgan fingerprint density at radius 2 is 1.85 bits per heavy atom. The fourth-order valence-electron chi connectivity index (χ4n) is 9.55. The van der Waals surface area contributed by atoms with Crippen molar-refractivity contribution in [1.29, 1.82) is 0 Å². The van der Waals surface area contributed by atoms with Crippen LogP contribution in [0.15, 0.2) is 35.2 Å². The van der Waals surface area contributed by atoms with Crippen LogP contribution in [0.25, 0.3) is 0 Å². The van der Waals surface area contributed by atoms with Crippen molar-refractivity contribution in [3.8, 4) is 0 Å². The van der Waals surface area contributed by atoms with Gasteiger partial charge in [0.15, 0.2) is 11.6 Å². The highest BCUT2D eigenvalue weighted by Gasteiger charge is 2.89. The molecule has 1 aliphatic heterocycles. The minimum atomic E-state index is -0.713. The van der Waals surface area contributed by atoms with Gasteiger partial charge in [-0.3, -0.25) is 14.4 Å². The summed E-state index contributed by atoms with van der Waals surface area (Å²) < 4.78 is 18.0. The van der Waals surface area contributed by atoms with Crippen molar-refractivity contribution in [3.05, 3.63) is 36.3 Å². The second kappa shape index (κ2) is 6.31. The molecule has 0 bridgehead atoms. The third kappa shape index (κ3) is 2.21. The summed E-state index contributed by atoms with van der Waals surface area (Å²) >= 11 is 0. The van der Waals surface area contributed by atoms with Gasteiger partial charge in [0, 0.05) is 28.7 Å². The van der Waals surface area contributed by atoms with Gasteiger partial charge in [-0.25, -0.2) is 0 Å². The van der Waals surface area contributed by atoms with E-state index in [2.05, 4.69) is 26.8 Å². The Labute approximate surface area is 200 Å². The minimum absolute atomic E-state index is 0.0275. The van der Waals surface area contributed by atoms with Crippen molar-refractivity contribution in [2.24, 2.45) is 33.5 Å². The molecule has 0 radical (unpaired) electrons. The molecule has 4 aliphatic carbocycles. The van der Waals surface area contributed by atoms with Crippen LogP contribution in [0.3, 0.4) is 0 Å². The number of Topliss-reactive ketones (excluding diaryl/α,β-unsaturated/α-hetero) is 1. The highest BCUT2D eigenvalue weighted by Crippen LogP contribution is 2.81. The van der Waals surface area contributed by atoms with Crippen LogP contribution in [0.2, 0.25) is 0 Å². The molecule has 2 heterocycles. The smallest absolute Gasteiger partial charge is 0.302 e. The van der Waals surface area contributed by atoms with Gasteiger partial charge in [0.1, 0.15) is 17.8 Å². The molecule has 3 saturated carbocycles. The maximum atomic E-state index is 13.7. The lowest BCUT2D eigenvalue weighted by Gasteiger charge is -2.67. The molecule has 6 rings (SSSR count). The van der Waals surface area contributed by atoms with Crippen molar-refractivity contribution < 1.29 is 28.3 Å². The lowest BCUT2D eigenvalue weighted by Crippen LogP contribution is -2.70. The maximum absolute atomic E-state index is 13.7. The lowest BCUT2D eigenvalue weighted by molar-refractivity contribution is -0.232. The average Bonchev–Trinajstić information content (AvgIpc) is 3.24. The quantitative estimate of drug-likeness (QED) is 0.467. The molecule has 1 aromatic heterocycles. The summed E-state index contributed by atoms with van der Waals surface area (Å²) in [4.78, 5) is 39.0. The molecule has 0 amide bonds. The Kier molecular flexibility index (Phi) is 4.13. The summed E-state index contributed by atoms with van der Waals surface area (Å²) in [6, 6.07) is 1.89. The van der Waals surface area contributed by atoms with E-state index in [0.717, 1.165) is 18.4 Å². The monoisotopic (exact) mass is 466 g/mol. The van der Waals surface area contributed by atoms with Crippen molar-refractivity contribution in [2.45, 2.75) is 84.5 Å². The fourth-order valence-corrected chi connectivity index (χ4v) is 9.55. The number of furan rings is 1. The van der Waals surface area contributed by atoms with Crippen LogP contribution in [-0.4, -0.2) is 35.3 Å². The largest absolute Gasteiger partial charge is 0.472 e. The van der Waals surface area contributed by atoms with Gasteiger partial charge in [0.05, 0.1) is 18.4 Å². The Morgan fingerprint density at radius 3 is 2.50 bits per heavy atom. The predicted octanol–water partition coefficient (Wildman–Crippen LogP) is 4.63. The molecular weight excluding hydrogens is 432 g/mol. The molecule has 6 heteroatoms. The maximum Gasteiger partial charge on any atom is 0.302 e. The van der Waals surface area contributed by atoms with Gasteiger partial charge >= 0.3 is 5.97 Å². The van der Waals surface area contributed by atoms with Gasteiger partial charge in [-0.2, -0.15) is 0 Å². The Bertz CT molecular complexity index is 1130. The first-order valence-corrected chi connectivity index (χ1v) is 12.5. The van der Waals surface area contributed by atoms with Crippen molar-refractivity contribution in [1.82, 2.24) is 0 Å². The summed E-state index contributed by atoms with van der Waals surface area (Å²) in [6.07, 6.45) is 8.49. The molecule has 0 aromatic carbocycles. The highest BCUT2D eigenvalue weighted by atomic mass is 16.6. The van der Waals surface area contributed by atoms with E-state index in [1.54, 1.807) is 18.6 Å². The Morgan fingerprint density at radius 1 is 1.12 bits per heavy atom. The number of fused-ring (bicyclic) bond motifs is 3. The summed E-state index contributed by atoms with van der Waals surface area (Å²) in [6.45, 7) is 12.1. The number of carbonyl (C=O) groups excluding carboxylic acids is 3. The SMILES string of the molecule is CC(=O)O[C@H]1C[C@@H]2C(C)(C)C(=O)C=C[C@]2(C)[C@H]2CC[C@@]3(C)[C@H](c4ccoc4)C(=O)[C@H]4O[C@]43[C@]12C. The number of esters is 1. The number of rotatable bonds is 2. The molecule has 182 valence electrons. The third-order valence-electron chi connectivity index (χ3n) is 11.0. The molecule has 34 heavy (non-hydrogen) atoms. The standard InChI is InChI=1S/C28H34O6/c1-15(29)33-20-13-18-24(2,3)19(30)8-10-25(18,4)17-7-11-26(5)21(16-9-12-32-14-16)22(31)23-28(26,34-23)27(17,20)6/h8-10,12,14,17-18,20-21,23H,7,11,13H2,1-6H3/t17-,18-,20+,21-,23-,25-,26+,27+,28-/m1/s1. The molecule has 1 saturated heterocycles. The van der Waals surface area contributed by atoms with Gasteiger partial charge in [-0.1, -0.05) is 40.7 Å². The highest BCUT2D eigenvalue weighted by molar-refractivity contribution is 5.99. The Balaban J connectivity index is 1.54. The zero-order valence-corrected chi connectivity index (χ0v) is 20.8. The number of allylic oxidation sites excluding steroid dienone is 2. The first-order chi connectivity index (χ1) is 15.9. The fraction of sp³-hybridized carbons (Fsp3) is 0.679. The molecule has 5 aliphatic rings. The summed E-state index contributed by atoms with van der Waals surface area (Å²) in [5, 5.41) is 0. The number of ketones is 2. The lowest BCUT2D eigenvalue weighted by atomic mass is 9.36. The van der Waals surface area contributed by atoms with Gasteiger partial charge < -0.3 is 13.9 Å². The first-order valence-electron chi connectivity index (χ1n) is 12.5. The number of hydrogen-bond donors (Lipinski definition) is 0. The van der Waals surface area contributed by atoms with Crippen LogP contribution in [0.4, 0.5) is 0 Å². The second-order valence-electron chi connectivity index (χ2n) is 12.6. The molecule has 9 atom stereocenters. The van der Waals surface area contributed by atoms with E-state index in [-0.39, 0.29) is 40.7 Å². The molecule has 1 spiro atoms. The van der Waals surface area contributed by atoms with E-state index in [9.17, 15) is 14.4 Å². The first kappa shape index (κ1) is 22.3. The second-order valence-corrected chi connectivity index (χ2v) is 12.6. The van der Waals surface area contributed by atoms with E-state index in [4.69, 9.17) is 13.9 Å². The van der Waals surface area contributed by atoms with Gasteiger partial charge in [0.25, 0.3) is 0 Å². The topological polar surface area (TPSA) is 86.1 Å². The van der Waals surface area contributed by atoms with Crippen molar-refractivity contribution >= 4 is 17.5 Å². The summed E-state index contributed by atoms with van der Waals surface area (Å²) in [5.41, 5.74) is -1.65. The van der Waals surface area contributed by atoms with Crippen LogP contribution in [0.1, 0.15) is 72.3 Å². The van der Waals surface area contributed by atoms with E-state index < -0.39 is 34.1 Å². The third-order valence-corrected chi connectivity index (χ3v) is 11.0. The van der Waals surface area contributed by atoms with Crippen molar-refractivity contribution in [3.63, 3.8) is 0 Å².